The lowest BCUT2D eigenvalue weighted by Gasteiger charge is -2.35. The molecule has 1 heterocycles. The van der Waals surface area contributed by atoms with Crippen LogP contribution in [0.5, 0.6) is 0 Å². The Labute approximate surface area is 106 Å². The monoisotopic (exact) mass is 257 g/mol. The zero-order valence-electron chi connectivity index (χ0n) is 10.8. The van der Waals surface area contributed by atoms with Crippen LogP contribution < -0.4 is 0 Å². The van der Waals surface area contributed by atoms with Crippen LogP contribution in [0.2, 0.25) is 0 Å². The van der Waals surface area contributed by atoms with Gasteiger partial charge in [-0.25, -0.2) is 9.59 Å². The van der Waals surface area contributed by atoms with Gasteiger partial charge in [0.2, 0.25) is 0 Å². The Bertz CT molecular complexity index is 375. The summed E-state index contributed by atoms with van der Waals surface area (Å²) in [6.45, 7) is 5.22. The van der Waals surface area contributed by atoms with Crippen LogP contribution in [0.3, 0.4) is 0 Å². The Morgan fingerprint density at radius 2 is 1.89 bits per heavy atom. The standard InChI is InChI=1S/C12H19NO5/c1-12(2,3)18-11(17)13-6-4-7(8(14)5-6)9(13)10(15)16/h6-9,14H,4-5H2,1-3H3,(H,15,16)/t6-,7+,8+,9-/m1/s1. The Morgan fingerprint density at radius 3 is 2.39 bits per heavy atom. The van der Waals surface area contributed by atoms with Crippen LogP contribution in [0.4, 0.5) is 4.79 Å². The number of carboxylic acids is 1. The number of aliphatic hydroxyl groups excluding tert-OH is 1. The highest BCUT2D eigenvalue weighted by Gasteiger charge is 2.56. The van der Waals surface area contributed by atoms with Gasteiger partial charge in [-0.1, -0.05) is 0 Å². The third-order valence-electron chi connectivity index (χ3n) is 3.51. The van der Waals surface area contributed by atoms with Gasteiger partial charge in [-0.2, -0.15) is 0 Å². The van der Waals surface area contributed by atoms with Gasteiger partial charge in [0.1, 0.15) is 11.6 Å². The van der Waals surface area contributed by atoms with Crippen molar-refractivity contribution in [3.8, 4) is 0 Å². The summed E-state index contributed by atoms with van der Waals surface area (Å²) in [5.74, 6) is -1.45. The second-order valence-electron chi connectivity index (χ2n) is 6.03. The summed E-state index contributed by atoms with van der Waals surface area (Å²) in [5, 5.41) is 18.9. The molecule has 0 spiro atoms. The summed E-state index contributed by atoms with van der Waals surface area (Å²) in [6, 6.07) is -1.19. The number of carbonyl (C=O) groups excluding carboxylic acids is 1. The van der Waals surface area contributed by atoms with Crippen LogP contribution in [-0.4, -0.2) is 51.0 Å². The van der Waals surface area contributed by atoms with E-state index in [0.717, 1.165) is 0 Å². The minimum Gasteiger partial charge on any atom is -0.480 e. The summed E-state index contributed by atoms with van der Waals surface area (Å²) in [4.78, 5) is 24.6. The molecule has 1 aliphatic carbocycles. The van der Waals surface area contributed by atoms with Crippen LogP contribution in [0.15, 0.2) is 0 Å². The van der Waals surface area contributed by atoms with E-state index in [1.165, 1.54) is 4.90 Å². The second kappa shape index (κ2) is 4.12. The molecule has 0 aromatic rings. The summed E-state index contributed by atoms with van der Waals surface area (Å²) in [6.07, 6.45) is -0.255. The summed E-state index contributed by atoms with van der Waals surface area (Å²) >= 11 is 0. The van der Waals surface area contributed by atoms with E-state index in [0.29, 0.717) is 12.8 Å². The molecule has 18 heavy (non-hydrogen) atoms. The van der Waals surface area contributed by atoms with Crippen molar-refractivity contribution in [3.63, 3.8) is 0 Å². The molecular weight excluding hydrogens is 238 g/mol. The fourth-order valence-corrected chi connectivity index (χ4v) is 2.90. The largest absolute Gasteiger partial charge is 0.480 e. The topological polar surface area (TPSA) is 87.1 Å². The Balaban J connectivity index is 2.17. The number of aliphatic hydroxyl groups is 1. The molecule has 1 saturated carbocycles. The molecule has 1 aliphatic heterocycles. The highest BCUT2D eigenvalue weighted by Crippen LogP contribution is 2.43. The van der Waals surface area contributed by atoms with Crippen LogP contribution >= 0.6 is 0 Å². The molecule has 2 bridgehead atoms. The predicted octanol–water partition coefficient (Wildman–Crippen LogP) is 0.830. The molecule has 2 aliphatic rings. The molecule has 2 N–H and O–H groups in total. The van der Waals surface area contributed by atoms with Gasteiger partial charge in [-0.15, -0.1) is 0 Å². The summed E-state index contributed by atoms with van der Waals surface area (Å²) in [7, 11) is 0. The third kappa shape index (κ3) is 2.16. The lowest BCUT2D eigenvalue weighted by molar-refractivity contribution is -0.147. The molecule has 1 saturated heterocycles. The van der Waals surface area contributed by atoms with Gasteiger partial charge in [0, 0.05) is 12.0 Å². The molecule has 2 fully saturated rings. The minimum absolute atomic E-state index is 0.221. The number of carboxylic acid groups (broad SMARTS) is 1. The zero-order valence-corrected chi connectivity index (χ0v) is 10.8. The van der Waals surface area contributed by atoms with Gasteiger partial charge in [-0.3, -0.25) is 4.90 Å². The van der Waals surface area contributed by atoms with Crippen molar-refractivity contribution in [1.29, 1.82) is 0 Å². The van der Waals surface area contributed by atoms with Gasteiger partial charge in [-0.05, 0) is 33.6 Å². The Kier molecular flexibility index (Phi) is 3.01. The van der Waals surface area contributed by atoms with Gasteiger partial charge in [0.25, 0.3) is 0 Å². The van der Waals surface area contributed by atoms with E-state index in [-0.39, 0.29) is 12.0 Å². The number of rotatable bonds is 1. The average Bonchev–Trinajstić information content (AvgIpc) is 2.69. The van der Waals surface area contributed by atoms with E-state index in [1.807, 2.05) is 0 Å². The number of fused-ring (bicyclic) bond motifs is 2. The number of likely N-dealkylation sites (tertiary alicyclic amines) is 1. The van der Waals surface area contributed by atoms with E-state index < -0.39 is 29.8 Å². The SMILES string of the molecule is CC(C)(C)OC(=O)N1[C@@H]2C[C@@H]([C@@H](O)C2)[C@@H]1C(=O)O. The molecule has 0 aromatic carbocycles. The van der Waals surface area contributed by atoms with Gasteiger partial charge < -0.3 is 14.9 Å². The molecule has 1 amide bonds. The first-order valence-electron chi connectivity index (χ1n) is 6.13. The number of aliphatic carboxylic acids is 1. The van der Waals surface area contributed by atoms with Crippen molar-refractivity contribution in [3.05, 3.63) is 0 Å². The Hall–Kier alpha value is -1.30. The maximum atomic E-state index is 12.0. The van der Waals surface area contributed by atoms with E-state index in [2.05, 4.69) is 0 Å². The van der Waals surface area contributed by atoms with Crippen molar-refractivity contribution in [1.82, 2.24) is 4.90 Å². The first-order chi connectivity index (χ1) is 8.20. The van der Waals surface area contributed by atoms with Gasteiger partial charge >= 0.3 is 12.1 Å². The van der Waals surface area contributed by atoms with E-state index in [9.17, 15) is 19.8 Å². The molecule has 0 aromatic heterocycles. The average molecular weight is 257 g/mol. The number of nitrogens with zero attached hydrogens (tertiary/aromatic N) is 1. The van der Waals surface area contributed by atoms with Crippen molar-refractivity contribution in [2.75, 3.05) is 0 Å². The number of hydrogen-bond acceptors (Lipinski definition) is 4. The number of piperidine rings is 1. The normalized spacial score (nSPS) is 34.8. The smallest absolute Gasteiger partial charge is 0.411 e. The highest BCUT2D eigenvalue weighted by atomic mass is 16.6. The fourth-order valence-electron chi connectivity index (χ4n) is 2.90. The van der Waals surface area contributed by atoms with Crippen LogP contribution in [-0.2, 0) is 9.53 Å². The molecule has 2 rings (SSSR count). The lowest BCUT2D eigenvalue weighted by atomic mass is 9.96. The van der Waals surface area contributed by atoms with E-state index in [4.69, 9.17) is 4.74 Å². The molecule has 0 unspecified atom stereocenters. The molecular formula is C12H19NO5. The van der Waals surface area contributed by atoms with Crippen molar-refractivity contribution in [2.45, 2.75) is 57.4 Å². The Morgan fingerprint density at radius 1 is 1.28 bits per heavy atom. The molecule has 6 nitrogen and oxygen atoms in total. The molecule has 6 heteroatoms. The minimum atomic E-state index is -1.08. The number of carbonyl (C=O) groups is 2. The maximum absolute atomic E-state index is 12.0. The lowest BCUT2D eigenvalue weighted by Crippen LogP contribution is -2.53. The first kappa shape index (κ1) is 13.1. The second-order valence-corrected chi connectivity index (χ2v) is 6.03. The van der Waals surface area contributed by atoms with E-state index in [1.54, 1.807) is 20.8 Å². The number of hydrogen-bond donors (Lipinski definition) is 2. The van der Waals surface area contributed by atoms with Crippen molar-refractivity contribution in [2.24, 2.45) is 5.92 Å². The van der Waals surface area contributed by atoms with Crippen molar-refractivity contribution < 1.29 is 24.5 Å². The highest BCUT2D eigenvalue weighted by molar-refractivity contribution is 5.82. The predicted molar refractivity (Wildman–Crippen MR) is 62.0 cm³/mol. The van der Waals surface area contributed by atoms with Crippen molar-refractivity contribution >= 4 is 12.1 Å². The summed E-state index contributed by atoms with van der Waals surface area (Å²) < 4.78 is 5.23. The quantitative estimate of drug-likeness (QED) is 0.726. The molecule has 4 atom stereocenters. The van der Waals surface area contributed by atoms with Gasteiger partial charge in [0.05, 0.1) is 6.10 Å². The number of amides is 1. The van der Waals surface area contributed by atoms with Crippen LogP contribution in [0.1, 0.15) is 33.6 Å². The van der Waals surface area contributed by atoms with Crippen LogP contribution in [0, 0.1) is 5.92 Å². The third-order valence-corrected chi connectivity index (χ3v) is 3.51. The van der Waals surface area contributed by atoms with E-state index >= 15 is 0 Å². The first-order valence-corrected chi connectivity index (χ1v) is 6.13. The maximum Gasteiger partial charge on any atom is 0.411 e. The van der Waals surface area contributed by atoms with Crippen LogP contribution in [0.25, 0.3) is 0 Å². The zero-order chi connectivity index (χ0) is 13.7. The summed E-state index contributed by atoms with van der Waals surface area (Å²) in [5.41, 5.74) is -0.652. The number of ether oxygens (including phenoxy) is 1. The van der Waals surface area contributed by atoms with Gasteiger partial charge in [0.15, 0.2) is 0 Å². The molecule has 102 valence electrons. The fraction of sp³-hybridized carbons (Fsp3) is 0.833. The molecule has 0 radical (unpaired) electrons.